The van der Waals surface area contributed by atoms with Gasteiger partial charge in [-0.05, 0) is 75.2 Å². The SMILES string of the molecule is CC(=O)N1CCC(N2CCC(C#Cc3ccc(C(=O)NC4C(C)(C)C(Oc5ccc(C#N)c(Cl)c5)C4(C)C)cc3)CC2)CC1. The number of nitriles is 1. The van der Waals surface area contributed by atoms with E-state index < -0.39 is 0 Å². The van der Waals surface area contributed by atoms with Gasteiger partial charge in [0.15, 0.2) is 0 Å². The van der Waals surface area contributed by atoms with Gasteiger partial charge in [0.05, 0.1) is 10.6 Å². The van der Waals surface area contributed by atoms with Gasteiger partial charge in [-0.3, -0.25) is 9.59 Å². The van der Waals surface area contributed by atoms with Gasteiger partial charge in [0.25, 0.3) is 5.91 Å². The molecule has 1 N–H and O–H groups in total. The maximum atomic E-state index is 13.3. The Balaban J connectivity index is 1.12. The number of halogens is 1. The Morgan fingerprint density at radius 2 is 1.59 bits per heavy atom. The Bertz CT molecular complexity index is 1470. The third-order valence-corrected chi connectivity index (χ3v) is 10.3. The van der Waals surface area contributed by atoms with Crippen molar-refractivity contribution in [1.29, 1.82) is 5.26 Å². The second-order valence-corrected chi connectivity index (χ2v) is 14.1. The molecule has 1 aliphatic carbocycles. The van der Waals surface area contributed by atoms with Crippen LogP contribution in [0.2, 0.25) is 5.02 Å². The highest BCUT2D eigenvalue weighted by Crippen LogP contribution is 2.55. The van der Waals surface area contributed by atoms with Gasteiger partial charge in [-0.15, -0.1) is 0 Å². The first-order valence-corrected chi connectivity index (χ1v) is 16.1. The van der Waals surface area contributed by atoms with Crippen molar-refractivity contribution in [3.63, 3.8) is 0 Å². The summed E-state index contributed by atoms with van der Waals surface area (Å²) < 4.78 is 6.34. The Kier molecular flexibility index (Phi) is 9.30. The van der Waals surface area contributed by atoms with E-state index >= 15 is 0 Å². The van der Waals surface area contributed by atoms with Gasteiger partial charge in [0, 0.05) is 66.0 Å². The molecule has 2 aromatic rings. The Morgan fingerprint density at radius 1 is 0.955 bits per heavy atom. The molecule has 232 valence electrons. The van der Waals surface area contributed by atoms with Crippen molar-refractivity contribution in [2.75, 3.05) is 26.2 Å². The molecule has 0 spiro atoms. The molecule has 7 nitrogen and oxygen atoms in total. The van der Waals surface area contributed by atoms with Crippen LogP contribution >= 0.6 is 11.6 Å². The second kappa shape index (κ2) is 12.8. The molecule has 2 saturated heterocycles. The summed E-state index contributed by atoms with van der Waals surface area (Å²) in [5.41, 5.74) is 1.28. The van der Waals surface area contributed by atoms with E-state index in [1.54, 1.807) is 25.1 Å². The molecule has 8 heteroatoms. The van der Waals surface area contributed by atoms with Crippen molar-refractivity contribution in [3.8, 4) is 23.7 Å². The van der Waals surface area contributed by atoms with E-state index in [0.29, 0.717) is 33.9 Å². The number of hydrogen-bond acceptors (Lipinski definition) is 5. The lowest BCUT2D eigenvalue weighted by molar-refractivity contribution is -0.164. The van der Waals surface area contributed by atoms with Gasteiger partial charge in [-0.1, -0.05) is 51.1 Å². The third kappa shape index (κ3) is 6.60. The predicted molar refractivity (Wildman–Crippen MR) is 172 cm³/mol. The predicted octanol–water partition coefficient (Wildman–Crippen LogP) is 5.90. The Labute approximate surface area is 266 Å². The number of benzene rings is 2. The number of hydrogen-bond donors (Lipinski definition) is 1. The van der Waals surface area contributed by atoms with Crippen LogP contribution in [0.25, 0.3) is 0 Å². The molecule has 3 aliphatic rings. The number of rotatable bonds is 5. The molecule has 3 fully saturated rings. The van der Waals surface area contributed by atoms with Crippen LogP contribution in [0.15, 0.2) is 42.5 Å². The van der Waals surface area contributed by atoms with Crippen molar-refractivity contribution >= 4 is 23.4 Å². The average Bonchev–Trinajstić information content (AvgIpc) is 3.01. The highest BCUT2D eigenvalue weighted by molar-refractivity contribution is 6.31. The summed E-state index contributed by atoms with van der Waals surface area (Å²) >= 11 is 6.22. The van der Waals surface area contributed by atoms with Gasteiger partial charge in [-0.25, -0.2) is 0 Å². The molecular formula is C36H43ClN4O3. The normalized spacial score (nSPS) is 23.4. The Morgan fingerprint density at radius 3 is 2.16 bits per heavy atom. The van der Waals surface area contributed by atoms with Crippen LogP contribution < -0.4 is 10.1 Å². The monoisotopic (exact) mass is 614 g/mol. The minimum Gasteiger partial charge on any atom is -0.489 e. The summed E-state index contributed by atoms with van der Waals surface area (Å²) in [5.74, 6) is 7.87. The molecule has 0 unspecified atom stereocenters. The van der Waals surface area contributed by atoms with Crippen LogP contribution in [0.3, 0.4) is 0 Å². The third-order valence-electron chi connectivity index (χ3n) is 9.95. The van der Waals surface area contributed by atoms with Gasteiger partial charge in [0.2, 0.25) is 5.91 Å². The first kappa shape index (κ1) is 31.9. The second-order valence-electron chi connectivity index (χ2n) is 13.7. The van der Waals surface area contributed by atoms with Crippen molar-refractivity contribution in [2.24, 2.45) is 16.7 Å². The highest BCUT2D eigenvalue weighted by atomic mass is 35.5. The van der Waals surface area contributed by atoms with Crippen LogP contribution in [0.4, 0.5) is 0 Å². The fraction of sp³-hybridized carbons (Fsp3) is 0.528. The molecule has 0 atom stereocenters. The van der Waals surface area contributed by atoms with Gasteiger partial charge >= 0.3 is 0 Å². The van der Waals surface area contributed by atoms with Crippen LogP contribution in [-0.4, -0.2) is 66.0 Å². The van der Waals surface area contributed by atoms with Crippen LogP contribution in [0, 0.1) is 39.9 Å². The first-order valence-electron chi connectivity index (χ1n) is 15.7. The lowest BCUT2D eigenvalue weighted by atomic mass is 9.49. The van der Waals surface area contributed by atoms with Gasteiger partial charge in [0.1, 0.15) is 17.9 Å². The molecule has 0 bridgehead atoms. The van der Waals surface area contributed by atoms with E-state index in [1.807, 2.05) is 29.2 Å². The lowest BCUT2D eigenvalue weighted by Crippen LogP contribution is -2.74. The number of ether oxygens (including phenoxy) is 1. The summed E-state index contributed by atoms with van der Waals surface area (Å²) in [4.78, 5) is 29.4. The molecular weight excluding hydrogens is 572 g/mol. The van der Waals surface area contributed by atoms with Crippen LogP contribution in [-0.2, 0) is 4.79 Å². The van der Waals surface area contributed by atoms with Gasteiger partial charge < -0.3 is 19.9 Å². The van der Waals surface area contributed by atoms with Crippen molar-refractivity contribution in [1.82, 2.24) is 15.1 Å². The zero-order valence-corrected chi connectivity index (χ0v) is 27.2. The standard InChI is InChI=1S/C36H43ClN4O3/c1-24(42)40-20-16-29(17-21-40)41-18-14-26(15-19-41)7-6-25-8-10-27(11-9-25)32(43)39-33-35(2,3)34(36(33,4)5)44-30-13-12-28(23-38)31(37)22-30/h8-13,22,26,29,33-34H,14-21H2,1-5H3,(H,39,43). The molecule has 2 heterocycles. The van der Waals surface area contributed by atoms with Crippen molar-refractivity contribution in [2.45, 2.75) is 78.5 Å². The fourth-order valence-electron chi connectivity index (χ4n) is 7.66. The van der Waals surface area contributed by atoms with Crippen molar-refractivity contribution in [3.05, 3.63) is 64.2 Å². The fourth-order valence-corrected chi connectivity index (χ4v) is 7.87. The molecule has 0 radical (unpaired) electrons. The summed E-state index contributed by atoms with van der Waals surface area (Å²) in [7, 11) is 0. The van der Waals surface area contributed by atoms with E-state index in [4.69, 9.17) is 21.6 Å². The minimum absolute atomic E-state index is 0.103. The number of carbonyl (C=O) groups excluding carboxylic acids is 2. The summed E-state index contributed by atoms with van der Waals surface area (Å²) in [6.45, 7) is 13.9. The molecule has 1 saturated carbocycles. The van der Waals surface area contributed by atoms with Gasteiger partial charge in [-0.2, -0.15) is 5.26 Å². The first-order chi connectivity index (χ1) is 20.9. The largest absolute Gasteiger partial charge is 0.489 e. The van der Waals surface area contributed by atoms with E-state index in [9.17, 15) is 9.59 Å². The zero-order valence-electron chi connectivity index (χ0n) is 26.5. The number of carbonyl (C=O) groups is 2. The molecule has 2 amide bonds. The minimum atomic E-state index is -0.327. The molecule has 0 aromatic heterocycles. The van der Waals surface area contributed by atoms with E-state index in [-0.39, 0.29) is 34.8 Å². The van der Waals surface area contributed by atoms with E-state index in [2.05, 4.69) is 55.8 Å². The van der Waals surface area contributed by atoms with E-state index in [0.717, 1.165) is 57.4 Å². The van der Waals surface area contributed by atoms with Crippen molar-refractivity contribution < 1.29 is 14.3 Å². The number of amides is 2. The number of likely N-dealkylation sites (tertiary alicyclic amines) is 2. The molecule has 5 rings (SSSR count). The number of piperidine rings is 2. The maximum absolute atomic E-state index is 13.3. The smallest absolute Gasteiger partial charge is 0.251 e. The quantitative estimate of drug-likeness (QED) is 0.424. The average molecular weight is 615 g/mol. The number of nitrogens with one attached hydrogen (secondary N) is 1. The van der Waals surface area contributed by atoms with Crippen LogP contribution in [0.5, 0.6) is 5.75 Å². The number of nitrogens with zero attached hydrogens (tertiary/aromatic N) is 3. The molecule has 2 aliphatic heterocycles. The lowest BCUT2D eigenvalue weighted by Gasteiger charge is -2.63. The highest BCUT2D eigenvalue weighted by Gasteiger charge is 2.64. The summed E-state index contributed by atoms with van der Waals surface area (Å²) in [5, 5.41) is 12.8. The summed E-state index contributed by atoms with van der Waals surface area (Å²) in [6, 6.07) is 15.2. The van der Waals surface area contributed by atoms with E-state index in [1.165, 1.54) is 0 Å². The topological polar surface area (TPSA) is 85.7 Å². The Hall–Kier alpha value is -3.52. The zero-order chi connectivity index (χ0) is 31.6. The molecule has 2 aromatic carbocycles. The van der Waals surface area contributed by atoms with Crippen LogP contribution in [0.1, 0.15) is 81.8 Å². The summed E-state index contributed by atoms with van der Waals surface area (Å²) in [6.07, 6.45) is 4.10. The maximum Gasteiger partial charge on any atom is 0.251 e. The molecule has 44 heavy (non-hydrogen) atoms.